The van der Waals surface area contributed by atoms with Crippen LogP contribution in [0.4, 0.5) is 0 Å². The first-order valence-corrected chi connectivity index (χ1v) is 8.58. The molecule has 1 aliphatic rings. The van der Waals surface area contributed by atoms with Crippen molar-refractivity contribution in [3.63, 3.8) is 0 Å². The van der Waals surface area contributed by atoms with Gasteiger partial charge in [-0.15, -0.1) is 10.2 Å². The zero-order valence-corrected chi connectivity index (χ0v) is 13.4. The Morgan fingerprint density at radius 3 is 2.76 bits per heavy atom. The molecule has 4 nitrogen and oxygen atoms in total. The average molecular weight is 323 g/mol. The summed E-state index contributed by atoms with van der Waals surface area (Å²) in [6.07, 6.45) is 4.71. The Morgan fingerprint density at radius 2 is 2.00 bits per heavy atom. The molecule has 0 aliphatic carbocycles. The van der Waals surface area contributed by atoms with Crippen LogP contribution < -0.4 is 5.73 Å². The largest absolute Gasteiger partial charge is 0.329 e. The second kappa shape index (κ2) is 6.81. The van der Waals surface area contributed by atoms with Crippen molar-refractivity contribution < 1.29 is 0 Å². The molecule has 1 aromatic heterocycles. The SMILES string of the molecule is NCC(Sc1nnc2n1CCCCC2)c1ccc(Cl)cc1. The zero-order valence-electron chi connectivity index (χ0n) is 11.8. The Labute approximate surface area is 134 Å². The first-order valence-electron chi connectivity index (χ1n) is 7.32. The number of rotatable bonds is 4. The van der Waals surface area contributed by atoms with Gasteiger partial charge in [0.2, 0.25) is 0 Å². The van der Waals surface area contributed by atoms with E-state index >= 15 is 0 Å². The molecular formula is C15H19ClN4S. The van der Waals surface area contributed by atoms with Gasteiger partial charge in [0.05, 0.1) is 0 Å². The van der Waals surface area contributed by atoms with Crippen molar-refractivity contribution in [3.8, 4) is 0 Å². The van der Waals surface area contributed by atoms with Crippen molar-refractivity contribution in [2.75, 3.05) is 6.54 Å². The smallest absolute Gasteiger partial charge is 0.191 e. The van der Waals surface area contributed by atoms with Crippen LogP contribution in [-0.4, -0.2) is 21.3 Å². The van der Waals surface area contributed by atoms with Crippen molar-refractivity contribution in [3.05, 3.63) is 40.7 Å². The van der Waals surface area contributed by atoms with Crippen molar-refractivity contribution in [1.29, 1.82) is 0 Å². The molecule has 2 N–H and O–H groups in total. The van der Waals surface area contributed by atoms with E-state index in [9.17, 15) is 0 Å². The summed E-state index contributed by atoms with van der Waals surface area (Å²) < 4.78 is 2.26. The van der Waals surface area contributed by atoms with Crippen LogP contribution in [0.15, 0.2) is 29.4 Å². The fourth-order valence-corrected chi connectivity index (χ4v) is 3.78. The van der Waals surface area contributed by atoms with Gasteiger partial charge < -0.3 is 10.3 Å². The minimum Gasteiger partial charge on any atom is -0.329 e. The summed E-state index contributed by atoms with van der Waals surface area (Å²) in [5.74, 6) is 1.11. The summed E-state index contributed by atoms with van der Waals surface area (Å²) >= 11 is 7.65. The van der Waals surface area contributed by atoms with Crippen molar-refractivity contribution >= 4 is 23.4 Å². The van der Waals surface area contributed by atoms with Crippen LogP contribution in [0, 0.1) is 0 Å². The number of nitrogens with zero attached hydrogens (tertiary/aromatic N) is 3. The van der Waals surface area contributed by atoms with E-state index in [4.69, 9.17) is 17.3 Å². The maximum Gasteiger partial charge on any atom is 0.191 e. The number of aryl methyl sites for hydroxylation is 1. The molecule has 0 radical (unpaired) electrons. The van der Waals surface area contributed by atoms with Gasteiger partial charge in [0.15, 0.2) is 5.16 Å². The molecule has 112 valence electrons. The lowest BCUT2D eigenvalue weighted by Crippen LogP contribution is -2.11. The minimum absolute atomic E-state index is 0.179. The second-order valence-electron chi connectivity index (χ2n) is 5.25. The van der Waals surface area contributed by atoms with Gasteiger partial charge in [0.1, 0.15) is 5.82 Å². The Bertz CT molecular complexity index is 596. The molecule has 2 heterocycles. The van der Waals surface area contributed by atoms with Crippen LogP contribution in [0.5, 0.6) is 0 Å². The van der Waals surface area contributed by atoms with E-state index in [1.54, 1.807) is 11.8 Å². The number of thioether (sulfide) groups is 1. The van der Waals surface area contributed by atoms with Crippen LogP contribution in [-0.2, 0) is 13.0 Å². The number of nitrogens with two attached hydrogens (primary N) is 1. The fraction of sp³-hybridized carbons (Fsp3) is 0.467. The van der Waals surface area contributed by atoms with Crippen LogP contribution in [0.3, 0.4) is 0 Å². The first-order chi connectivity index (χ1) is 10.3. The van der Waals surface area contributed by atoms with Gasteiger partial charge >= 0.3 is 0 Å². The van der Waals surface area contributed by atoms with E-state index in [0.717, 1.165) is 29.0 Å². The summed E-state index contributed by atoms with van der Waals surface area (Å²) in [5.41, 5.74) is 7.13. The van der Waals surface area contributed by atoms with Crippen molar-refractivity contribution in [2.45, 2.75) is 42.6 Å². The summed E-state index contributed by atoms with van der Waals surface area (Å²) in [7, 11) is 0. The third-order valence-corrected chi connectivity index (χ3v) is 5.29. The molecule has 0 amide bonds. The van der Waals surface area contributed by atoms with Gasteiger partial charge in [-0.05, 0) is 30.5 Å². The molecule has 0 bridgehead atoms. The van der Waals surface area contributed by atoms with Gasteiger partial charge in [-0.1, -0.05) is 41.9 Å². The van der Waals surface area contributed by atoms with Gasteiger partial charge in [0, 0.05) is 29.8 Å². The number of fused-ring (bicyclic) bond motifs is 1. The lowest BCUT2D eigenvalue weighted by molar-refractivity contribution is 0.590. The highest BCUT2D eigenvalue weighted by Gasteiger charge is 2.19. The minimum atomic E-state index is 0.179. The summed E-state index contributed by atoms with van der Waals surface area (Å²) in [5, 5.41) is 10.6. The number of hydrogen-bond donors (Lipinski definition) is 1. The van der Waals surface area contributed by atoms with E-state index in [-0.39, 0.29) is 5.25 Å². The summed E-state index contributed by atoms with van der Waals surface area (Å²) in [6.45, 7) is 1.58. The quantitative estimate of drug-likeness (QED) is 0.876. The molecule has 0 spiro atoms. The average Bonchev–Trinajstić information content (AvgIpc) is 2.72. The lowest BCUT2D eigenvalue weighted by Gasteiger charge is -2.15. The molecule has 2 aromatic rings. The Morgan fingerprint density at radius 1 is 1.19 bits per heavy atom. The van der Waals surface area contributed by atoms with E-state index in [0.29, 0.717) is 6.54 Å². The first kappa shape index (κ1) is 14.9. The Hall–Kier alpha value is -1.04. The van der Waals surface area contributed by atoms with Crippen LogP contribution in [0.25, 0.3) is 0 Å². The maximum absolute atomic E-state index is 5.96. The monoisotopic (exact) mass is 322 g/mol. The van der Waals surface area contributed by atoms with Crippen molar-refractivity contribution in [2.24, 2.45) is 5.73 Å². The molecule has 1 atom stereocenters. The molecule has 3 rings (SSSR count). The number of benzene rings is 1. The van der Waals surface area contributed by atoms with Gasteiger partial charge in [-0.2, -0.15) is 0 Å². The topological polar surface area (TPSA) is 56.7 Å². The summed E-state index contributed by atoms with van der Waals surface area (Å²) in [4.78, 5) is 0. The number of hydrogen-bond acceptors (Lipinski definition) is 4. The highest BCUT2D eigenvalue weighted by Crippen LogP contribution is 2.34. The molecule has 1 aliphatic heterocycles. The van der Waals surface area contributed by atoms with Crippen LogP contribution in [0.1, 0.15) is 35.9 Å². The Balaban J connectivity index is 1.81. The zero-order chi connectivity index (χ0) is 14.7. The van der Waals surface area contributed by atoms with Crippen molar-refractivity contribution in [1.82, 2.24) is 14.8 Å². The molecule has 1 aromatic carbocycles. The molecule has 1 unspecified atom stereocenters. The second-order valence-corrected chi connectivity index (χ2v) is 6.86. The number of aromatic nitrogens is 3. The molecule has 0 saturated heterocycles. The third-order valence-electron chi connectivity index (χ3n) is 3.78. The normalized spacial score (nSPS) is 16.3. The molecule has 0 saturated carbocycles. The predicted molar refractivity (Wildman–Crippen MR) is 86.7 cm³/mol. The van der Waals surface area contributed by atoms with E-state index in [1.165, 1.54) is 24.8 Å². The van der Waals surface area contributed by atoms with E-state index < -0.39 is 0 Å². The highest BCUT2D eigenvalue weighted by atomic mass is 35.5. The standard InChI is InChI=1S/C15H19ClN4S/c16-12-7-5-11(6-8-12)13(10-17)21-15-19-18-14-4-2-1-3-9-20(14)15/h5-8,13H,1-4,9-10,17H2. The van der Waals surface area contributed by atoms with Crippen LogP contribution >= 0.6 is 23.4 Å². The van der Waals surface area contributed by atoms with Crippen LogP contribution in [0.2, 0.25) is 5.02 Å². The van der Waals surface area contributed by atoms with E-state index in [2.05, 4.69) is 14.8 Å². The molecule has 0 fully saturated rings. The van der Waals surface area contributed by atoms with Gasteiger partial charge in [0.25, 0.3) is 0 Å². The lowest BCUT2D eigenvalue weighted by atomic mass is 10.1. The van der Waals surface area contributed by atoms with Gasteiger partial charge in [-0.25, -0.2) is 0 Å². The third kappa shape index (κ3) is 3.42. The molecule has 6 heteroatoms. The maximum atomic E-state index is 5.96. The fourth-order valence-electron chi connectivity index (χ4n) is 2.60. The molecular weight excluding hydrogens is 304 g/mol. The molecule has 21 heavy (non-hydrogen) atoms. The Kier molecular flexibility index (Phi) is 4.83. The predicted octanol–water partition coefficient (Wildman–Crippen LogP) is 3.45. The number of halogens is 1. The highest BCUT2D eigenvalue weighted by molar-refractivity contribution is 7.99. The van der Waals surface area contributed by atoms with Gasteiger partial charge in [-0.3, -0.25) is 0 Å². The summed E-state index contributed by atoms with van der Waals surface area (Å²) in [6, 6.07) is 7.88. The van der Waals surface area contributed by atoms with E-state index in [1.807, 2.05) is 24.3 Å².